The van der Waals surface area contributed by atoms with Gasteiger partial charge in [-0.15, -0.1) is 0 Å². The number of hydrazine groups is 1. The third kappa shape index (κ3) is 12.5. The van der Waals surface area contributed by atoms with Crippen molar-refractivity contribution in [2.75, 3.05) is 10.4 Å². The number of unbranched alkanes of at least 4 members (excludes halogenated alkanes) is 14. The SMILES string of the molecule is CCCCCCCCCCCCCCCCCC(=O)N(Nc1ccccc1)c1ccccc1. The third-order valence-corrected chi connectivity index (χ3v) is 6.27. The number of anilines is 2. The first-order valence-electron chi connectivity index (χ1n) is 13.5. The summed E-state index contributed by atoms with van der Waals surface area (Å²) in [6.45, 7) is 2.28. The monoisotopic (exact) mass is 450 g/mol. The lowest BCUT2D eigenvalue weighted by atomic mass is 10.0. The number of nitrogens with one attached hydrogen (secondary N) is 1. The van der Waals surface area contributed by atoms with Gasteiger partial charge in [-0.1, -0.05) is 133 Å². The second-order valence-corrected chi connectivity index (χ2v) is 9.24. The van der Waals surface area contributed by atoms with Crippen molar-refractivity contribution in [3.8, 4) is 0 Å². The Hall–Kier alpha value is -2.29. The molecule has 182 valence electrons. The van der Waals surface area contributed by atoms with Crippen LogP contribution >= 0.6 is 0 Å². The number of amides is 1. The van der Waals surface area contributed by atoms with Crippen LogP contribution in [0.15, 0.2) is 60.7 Å². The first-order valence-corrected chi connectivity index (χ1v) is 13.5. The standard InChI is InChI=1S/C30H46N2O/c1-2-3-4-5-6-7-8-9-10-11-12-13-14-15-22-27-30(33)32(29-25-20-17-21-26-29)31-28-23-18-16-19-24-28/h16-21,23-26,31H,2-15,22,27H2,1H3. The molecule has 2 aromatic carbocycles. The van der Waals surface area contributed by atoms with Crippen LogP contribution in [-0.2, 0) is 4.79 Å². The molecule has 0 radical (unpaired) electrons. The van der Waals surface area contributed by atoms with Gasteiger partial charge >= 0.3 is 0 Å². The molecule has 1 N–H and O–H groups in total. The van der Waals surface area contributed by atoms with Gasteiger partial charge in [-0.2, -0.15) is 0 Å². The predicted octanol–water partition coefficient (Wildman–Crippen LogP) is 9.31. The van der Waals surface area contributed by atoms with Gasteiger partial charge in [-0.25, -0.2) is 5.01 Å². The molecule has 0 heterocycles. The molecule has 3 nitrogen and oxygen atoms in total. The number of benzene rings is 2. The fraction of sp³-hybridized carbons (Fsp3) is 0.567. The topological polar surface area (TPSA) is 32.3 Å². The molecule has 0 atom stereocenters. The largest absolute Gasteiger partial charge is 0.291 e. The van der Waals surface area contributed by atoms with Gasteiger partial charge in [-0.3, -0.25) is 10.2 Å². The first-order chi connectivity index (χ1) is 16.3. The maximum absolute atomic E-state index is 12.9. The summed E-state index contributed by atoms with van der Waals surface area (Å²) in [6.07, 6.45) is 20.6. The van der Waals surface area contributed by atoms with Crippen LogP contribution < -0.4 is 10.4 Å². The smallest absolute Gasteiger partial charge is 0.245 e. The number of hydrogen-bond acceptors (Lipinski definition) is 2. The van der Waals surface area contributed by atoms with Crippen LogP contribution in [0.25, 0.3) is 0 Å². The highest BCUT2D eigenvalue weighted by atomic mass is 16.2. The highest BCUT2D eigenvalue weighted by Gasteiger charge is 2.15. The molecule has 0 fully saturated rings. The van der Waals surface area contributed by atoms with Crippen molar-refractivity contribution < 1.29 is 4.79 Å². The van der Waals surface area contributed by atoms with Gasteiger partial charge in [0.2, 0.25) is 5.91 Å². The minimum Gasteiger partial charge on any atom is -0.291 e. The number of hydrogen-bond donors (Lipinski definition) is 1. The quantitative estimate of drug-likeness (QED) is 0.171. The minimum atomic E-state index is 0.125. The molecular formula is C30H46N2O. The average molecular weight is 451 g/mol. The van der Waals surface area contributed by atoms with Crippen LogP contribution in [0.3, 0.4) is 0 Å². The Morgan fingerprint density at radius 1 is 0.606 bits per heavy atom. The fourth-order valence-corrected chi connectivity index (χ4v) is 4.25. The van der Waals surface area contributed by atoms with Gasteiger partial charge in [0, 0.05) is 6.42 Å². The van der Waals surface area contributed by atoms with Crippen molar-refractivity contribution in [3.05, 3.63) is 60.7 Å². The van der Waals surface area contributed by atoms with E-state index in [0.717, 1.165) is 24.2 Å². The Balaban J connectivity index is 1.53. The summed E-state index contributed by atoms with van der Waals surface area (Å²) in [5, 5.41) is 1.69. The van der Waals surface area contributed by atoms with E-state index < -0.39 is 0 Å². The molecule has 0 aliphatic carbocycles. The average Bonchev–Trinajstić information content (AvgIpc) is 2.86. The minimum absolute atomic E-state index is 0.125. The lowest BCUT2D eigenvalue weighted by Gasteiger charge is -2.24. The van der Waals surface area contributed by atoms with E-state index in [9.17, 15) is 4.79 Å². The summed E-state index contributed by atoms with van der Waals surface area (Å²) in [6, 6.07) is 19.8. The number of carbonyl (C=O) groups is 1. The molecule has 0 aromatic heterocycles. The fourth-order valence-electron chi connectivity index (χ4n) is 4.25. The van der Waals surface area contributed by atoms with Crippen molar-refractivity contribution in [1.82, 2.24) is 0 Å². The number of rotatable bonds is 19. The summed E-state index contributed by atoms with van der Waals surface area (Å²) in [5.41, 5.74) is 5.09. The summed E-state index contributed by atoms with van der Waals surface area (Å²) < 4.78 is 0. The van der Waals surface area contributed by atoms with Crippen molar-refractivity contribution in [1.29, 1.82) is 0 Å². The molecule has 0 saturated carbocycles. The Labute approximate surface area is 202 Å². The Morgan fingerprint density at radius 2 is 1.03 bits per heavy atom. The highest BCUT2D eigenvalue weighted by Crippen LogP contribution is 2.19. The van der Waals surface area contributed by atoms with Crippen LogP contribution in [0.4, 0.5) is 11.4 Å². The van der Waals surface area contributed by atoms with Gasteiger partial charge < -0.3 is 0 Å². The van der Waals surface area contributed by atoms with Crippen LogP contribution in [0.5, 0.6) is 0 Å². The summed E-state index contributed by atoms with van der Waals surface area (Å²) in [7, 11) is 0. The molecule has 0 unspecified atom stereocenters. The van der Waals surface area contributed by atoms with Gasteiger partial charge in [0.05, 0.1) is 11.4 Å². The number of carbonyl (C=O) groups excluding carboxylic acids is 1. The Bertz CT molecular complexity index is 717. The van der Waals surface area contributed by atoms with Crippen LogP contribution in [0.2, 0.25) is 0 Å². The molecule has 1 amide bonds. The van der Waals surface area contributed by atoms with Gasteiger partial charge in [0.25, 0.3) is 0 Å². The molecule has 0 bridgehead atoms. The van der Waals surface area contributed by atoms with Crippen molar-refractivity contribution >= 4 is 17.3 Å². The van der Waals surface area contributed by atoms with Crippen molar-refractivity contribution in [2.24, 2.45) is 0 Å². The zero-order valence-electron chi connectivity index (χ0n) is 20.9. The molecule has 3 heteroatoms. The van der Waals surface area contributed by atoms with E-state index in [1.54, 1.807) is 5.01 Å². The van der Waals surface area contributed by atoms with E-state index in [-0.39, 0.29) is 5.91 Å². The molecule has 2 rings (SSSR count). The highest BCUT2D eigenvalue weighted by molar-refractivity contribution is 5.95. The van der Waals surface area contributed by atoms with E-state index in [4.69, 9.17) is 0 Å². The number of nitrogens with zero attached hydrogens (tertiary/aromatic N) is 1. The third-order valence-electron chi connectivity index (χ3n) is 6.27. The van der Waals surface area contributed by atoms with Crippen molar-refractivity contribution in [3.63, 3.8) is 0 Å². The number of para-hydroxylation sites is 2. The summed E-state index contributed by atoms with van der Waals surface area (Å²) in [5.74, 6) is 0.125. The zero-order valence-corrected chi connectivity index (χ0v) is 20.9. The Morgan fingerprint density at radius 3 is 1.52 bits per heavy atom. The van der Waals surface area contributed by atoms with E-state index in [2.05, 4.69) is 12.3 Å². The van der Waals surface area contributed by atoms with E-state index in [1.807, 2.05) is 60.7 Å². The van der Waals surface area contributed by atoms with Crippen LogP contribution in [0, 0.1) is 0 Å². The summed E-state index contributed by atoms with van der Waals surface area (Å²) >= 11 is 0. The second kappa shape index (κ2) is 18.2. The van der Waals surface area contributed by atoms with Gasteiger partial charge in [0.1, 0.15) is 0 Å². The van der Waals surface area contributed by atoms with E-state index >= 15 is 0 Å². The molecule has 0 aliphatic heterocycles. The Kier molecular flexibility index (Phi) is 14.8. The lowest BCUT2D eigenvalue weighted by Crippen LogP contribution is -2.36. The molecule has 0 spiro atoms. The molecule has 0 saturated heterocycles. The normalized spacial score (nSPS) is 10.8. The molecule has 0 aliphatic rings. The van der Waals surface area contributed by atoms with E-state index in [0.29, 0.717) is 6.42 Å². The van der Waals surface area contributed by atoms with Crippen molar-refractivity contribution in [2.45, 2.75) is 110 Å². The lowest BCUT2D eigenvalue weighted by molar-refractivity contribution is -0.118. The maximum Gasteiger partial charge on any atom is 0.245 e. The van der Waals surface area contributed by atoms with Crippen LogP contribution in [-0.4, -0.2) is 5.91 Å². The van der Waals surface area contributed by atoms with Crippen LogP contribution in [0.1, 0.15) is 110 Å². The van der Waals surface area contributed by atoms with E-state index in [1.165, 1.54) is 83.5 Å². The molecule has 2 aromatic rings. The second-order valence-electron chi connectivity index (χ2n) is 9.24. The summed E-state index contributed by atoms with van der Waals surface area (Å²) in [4.78, 5) is 12.9. The van der Waals surface area contributed by atoms with Gasteiger partial charge in [0.15, 0.2) is 0 Å². The van der Waals surface area contributed by atoms with Gasteiger partial charge in [-0.05, 0) is 30.7 Å². The zero-order chi connectivity index (χ0) is 23.4. The molecular weight excluding hydrogens is 404 g/mol. The maximum atomic E-state index is 12.9. The first kappa shape index (κ1) is 27.0. The molecule has 33 heavy (non-hydrogen) atoms. The predicted molar refractivity (Wildman–Crippen MR) is 144 cm³/mol.